The first-order valence-corrected chi connectivity index (χ1v) is 1.000. The first-order chi connectivity index (χ1) is 1.73. The molecular weight excluding hydrogens is 89.5 g/mol. The van der Waals surface area contributed by atoms with Gasteiger partial charge < -0.3 is 10.8 Å². The number of aliphatic hydroxyl groups is 1. The van der Waals surface area contributed by atoms with E-state index in [1.54, 1.807) is 0 Å². The Balaban J connectivity index is 0. The van der Waals surface area contributed by atoms with Gasteiger partial charge in [0.25, 0.3) is 0 Å². The van der Waals surface area contributed by atoms with Gasteiger partial charge in [0.15, 0.2) is 0 Å². The summed E-state index contributed by atoms with van der Waals surface area (Å²) in [6.07, 6.45) is -0.917. The fraction of sp³-hybridized carbons (Fsp3) is 0.500. The van der Waals surface area contributed by atoms with Gasteiger partial charge in [-0.3, -0.25) is 0 Å². The van der Waals surface area contributed by atoms with Crippen LogP contribution in [-0.2, 0) is 0 Å². The molecule has 2 nitrogen and oxygen atoms in total. The van der Waals surface area contributed by atoms with Gasteiger partial charge in [0.1, 0.15) is 6.23 Å². The Morgan fingerprint density at radius 2 is 1.80 bits per heavy atom. The highest BCUT2D eigenvalue weighted by molar-refractivity contribution is 5.85. The van der Waals surface area contributed by atoms with E-state index in [0.29, 0.717) is 0 Å². The molecular formula is C2H7ClNO. The second-order valence-electron chi connectivity index (χ2n) is 0.567. The Kier molecular flexibility index (Phi) is 7.55. The molecule has 0 saturated carbocycles. The normalized spacial score (nSPS) is 12.6. The molecule has 1 atom stereocenters. The predicted octanol–water partition coefficient (Wildman–Crippen LogP) is -0.481. The molecule has 0 aromatic rings. The Labute approximate surface area is 37.4 Å². The van der Waals surface area contributed by atoms with Crippen LogP contribution >= 0.6 is 12.4 Å². The fourth-order valence-electron chi connectivity index (χ4n) is 0. The minimum absolute atomic E-state index is 0. The van der Waals surface area contributed by atoms with Gasteiger partial charge >= 0.3 is 0 Å². The van der Waals surface area contributed by atoms with Crippen LogP contribution in [0.25, 0.3) is 0 Å². The summed E-state index contributed by atoms with van der Waals surface area (Å²) in [6.45, 7) is 2.97. The van der Waals surface area contributed by atoms with Crippen molar-refractivity contribution in [2.75, 3.05) is 0 Å². The lowest BCUT2D eigenvalue weighted by atomic mass is 10.7. The monoisotopic (exact) mass is 96.0 g/mol. The molecule has 33 valence electrons. The van der Waals surface area contributed by atoms with Crippen LogP contribution < -0.4 is 5.73 Å². The van der Waals surface area contributed by atoms with Crippen molar-refractivity contribution in [3.05, 3.63) is 6.92 Å². The van der Waals surface area contributed by atoms with Crippen LogP contribution in [0.2, 0.25) is 0 Å². The zero-order valence-corrected chi connectivity index (χ0v) is 3.53. The van der Waals surface area contributed by atoms with E-state index in [9.17, 15) is 0 Å². The van der Waals surface area contributed by atoms with Crippen LogP contribution in [0.5, 0.6) is 0 Å². The van der Waals surface area contributed by atoms with E-state index < -0.39 is 6.23 Å². The number of nitrogens with two attached hydrogens (primary N) is 1. The number of hydrogen-bond donors (Lipinski definition) is 2. The molecule has 0 bridgehead atoms. The molecule has 0 heterocycles. The number of rotatable bonds is 0. The highest BCUT2D eigenvalue weighted by Crippen LogP contribution is 1.48. The molecule has 1 unspecified atom stereocenters. The minimum atomic E-state index is -0.917. The molecule has 0 aromatic carbocycles. The van der Waals surface area contributed by atoms with Crippen molar-refractivity contribution >= 4 is 12.4 Å². The average Bonchev–Trinajstić information content (AvgIpc) is 0.811. The second-order valence-corrected chi connectivity index (χ2v) is 0.567. The molecule has 0 saturated heterocycles. The molecule has 3 N–H and O–H groups in total. The number of hydrogen-bond acceptors (Lipinski definition) is 2. The molecule has 0 spiro atoms. The van der Waals surface area contributed by atoms with Gasteiger partial charge in [0, 0.05) is 0 Å². The van der Waals surface area contributed by atoms with Crippen LogP contribution in [0.15, 0.2) is 0 Å². The van der Waals surface area contributed by atoms with E-state index in [2.05, 4.69) is 12.7 Å². The third kappa shape index (κ3) is 466. The molecule has 0 aliphatic rings. The lowest BCUT2D eigenvalue weighted by molar-refractivity contribution is 0.229. The zero-order valence-electron chi connectivity index (χ0n) is 2.72. The molecule has 0 rings (SSSR count). The highest BCUT2D eigenvalue weighted by Gasteiger charge is 1.68. The number of halogens is 1. The standard InChI is InChI=1S/C2H6NO.ClH/c1-2(3)4;/h2,4H,1,3H2;1H. The van der Waals surface area contributed by atoms with Crippen LogP contribution in [0, 0.1) is 6.92 Å². The average molecular weight is 96.5 g/mol. The molecule has 5 heavy (non-hydrogen) atoms. The van der Waals surface area contributed by atoms with Crippen LogP contribution in [0.1, 0.15) is 0 Å². The topological polar surface area (TPSA) is 46.2 Å². The molecule has 0 aliphatic heterocycles. The summed E-state index contributed by atoms with van der Waals surface area (Å²) in [6, 6.07) is 0. The van der Waals surface area contributed by atoms with Crippen molar-refractivity contribution in [2.24, 2.45) is 5.73 Å². The van der Waals surface area contributed by atoms with Gasteiger partial charge in [-0.15, -0.1) is 12.4 Å². The van der Waals surface area contributed by atoms with E-state index in [1.807, 2.05) is 0 Å². The van der Waals surface area contributed by atoms with E-state index in [1.165, 1.54) is 0 Å². The van der Waals surface area contributed by atoms with E-state index >= 15 is 0 Å². The quantitative estimate of drug-likeness (QED) is 0.400. The smallest absolute Gasteiger partial charge is 0.102 e. The van der Waals surface area contributed by atoms with Gasteiger partial charge in [-0.2, -0.15) is 0 Å². The van der Waals surface area contributed by atoms with Crippen LogP contribution in [0.4, 0.5) is 0 Å². The lowest BCUT2D eigenvalue weighted by Gasteiger charge is -1.81. The van der Waals surface area contributed by atoms with E-state index in [4.69, 9.17) is 5.11 Å². The Morgan fingerprint density at radius 3 is 1.80 bits per heavy atom. The van der Waals surface area contributed by atoms with Crippen molar-refractivity contribution < 1.29 is 5.11 Å². The third-order valence-corrected chi connectivity index (χ3v) is 0. The lowest BCUT2D eigenvalue weighted by Crippen LogP contribution is -2.12. The first-order valence-electron chi connectivity index (χ1n) is 1.000. The van der Waals surface area contributed by atoms with E-state index in [-0.39, 0.29) is 12.4 Å². The fourth-order valence-corrected chi connectivity index (χ4v) is 0. The summed E-state index contributed by atoms with van der Waals surface area (Å²) >= 11 is 0. The van der Waals surface area contributed by atoms with Gasteiger partial charge in [-0.05, 0) is 6.92 Å². The van der Waals surface area contributed by atoms with Crippen molar-refractivity contribution in [3.63, 3.8) is 0 Å². The van der Waals surface area contributed by atoms with Gasteiger partial charge in [-0.1, -0.05) is 0 Å². The summed E-state index contributed by atoms with van der Waals surface area (Å²) in [7, 11) is 0. The SMILES string of the molecule is Cl.[CH2]C(N)O. The van der Waals surface area contributed by atoms with Crippen molar-refractivity contribution in [1.82, 2.24) is 0 Å². The molecule has 3 heteroatoms. The maximum atomic E-state index is 7.72. The third-order valence-electron chi connectivity index (χ3n) is 0. The van der Waals surface area contributed by atoms with Crippen molar-refractivity contribution in [1.29, 1.82) is 0 Å². The van der Waals surface area contributed by atoms with Crippen LogP contribution in [0.3, 0.4) is 0 Å². The van der Waals surface area contributed by atoms with Crippen LogP contribution in [-0.4, -0.2) is 11.3 Å². The second kappa shape index (κ2) is 4.21. The largest absolute Gasteiger partial charge is 0.379 e. The maximum Gasteiger partial charge on any atom is 0.102 e. The first kappa shape index (κ1) is 8.96. The summed E-state index contributed by atoms with van der Waals surface area (Å²) in [4.78, 5) is 0. The molecule has 0 aromatic heterocycles. The highest BCUT2D eigenvalue weighted by atomic mass is 35.5. The summed E-state index contributed by atoms with van der Waals surface area (Å²) < 4.78 is 0. The Hall–Kier alpha value is 0.210. The Morgan fingerprint density at radius 1 is 1.80 bits per heavy atom. The molecule has 1 radical (unpaired) electrons. The molecule has 0 fully saturated rings. The maximum absolute atomic E-state index is 7.72. The van der Waals surface area contributed by atoms with Gasteiger partial charge in [-0.25, -0.2) is 0 Å². The summed E-state index contributed by atoms with van der Waals surface area (Å²) in [5, 5.41) is 7.72. The molecule has 0 amide bonds. The van der Waals surface area contributed by atoms with Gasteiger partial charge in [0.05, 0.1) is 0 Å². The summed E-state index contributed by atoms with van der Waals surface area (Å²) in [5.41, 5.74) is 4.56. The summed E-state index contributed by atoms with van der Waals surface area (Å²) in [5.74, 6) is 0. The molecule has 0 aliphatic carbocycles. The zero-order chi connectivity index (χ0) is 3.58. The number of aliphatic hydroxyl groups excluding tert-OH is 1. The van der Waals surface area contributed by atoms with Crippen molar-refractivity contribution in [2.45, 2.75) is 6.23 Å². The van der Waals surface area contributed by atoms with Crippen molar-refractivity contribution in [3.8, 4) is 0 Å². The Bertz CT molecular complexity index is 14.4. The predicted molar refractivity (Wildman–Crippen MR) is 22.8 cm³/mol. The van der Waals surface area contributed by atoms with Gasteiger partial charge in [0.2, 0.25) is 0 Å². The van der Waals surface area contributed by atoms with E-state index in [0.717, 1.165) is 0 Å². The minimum Gasteiger partial charge on any atom is -0.379 e.